The van der Waals surface area contributed by atoms with E-state index in [1.807, 2.05) is 0 Å². The summed E-state index contributed by atoms with van der Waals surface area (Å²) in [6.45, 7) is 1.09. The van der Waals surface area contributed by atoms with E-state index in [0.717, 1.165) is 0 Å². The van der Waals surface area contributed by atoms with Crippen molar-refractivity contribution in [2.24, 2.45) is 0 Å². The molecule has 1 aliphatic heterocycles. The highest BCUT2D eigenvalue weighted by Gasteiger charge is 2.41. The number of hydrogen-bond acceptors (Lipinski definition) is 4. The van der Waals surface area contributed by atoms with Gasteiger partial charge in [0.25, 0.3) is 11.8 Å². The van der Waals surface area contributed by atoms with E-state index < -0.39 is 29.8 Å². The molecule has 0 aliphatic carbocycles. The van der Waals surface area contributed by atoms with Crippen LogP contribution in [-0.2, 0) is 9.59 Å². The zero-order chi connectivity index (χ0) is 26.7. The van der Waals surface area contributed by atoms with Gasteiger partial charge in [-0.2, -0.15) is 0 Å². The molecular formula is C28H24F2N2O5. The smallest absolute Gasteiger partial charge is 0.328 e. The summed E-state index contributed by atoms with van der Waals surface area (Å²) in [6, 6.07) is 19.2. The number of benzene rings is 3. The van der Waals surface area contributed by atoms with Gasteiger partial charge in [0.1, 0.15) is 5.75 Å². The minimum Gasteiger partial charge on any atom is -0.495 e. The molecule has 0 spiro atoms. The first-order valence-electron chi connectivity index (χ1n) is 11.4. The molecule has 3 aromatic carbocycles. The molecular weight excluding hydrogens is 482 g/mol. The van der Waals surface area contributed by atoms with E-state index in [0.29, 0.717) is 23.2 Å². The zero-order valence-corrected chi connectivity index (χ0v) is 20.2. The van der Waals surface area contributed by atoms with Gasteiger partial charge in [-0.1, -0.05) is 30.3 Å². The van der Waals surface area contributed by atoms with Crippen molar-refractivity contribution in [3.05, 3.63) is 90.0 Å². The zero-order valence-electron chi connectivity index (χ0n) is 20.2. The van der Waals surface area contributed by atoms with Crippen LogP contribution in [0.15, 0.2) is 78.9 Å². The van der Waals surface area contributed by atoms with Gasteiger partial charge in [0.05, 0.1) is 18.5 Å². The molecule has 0 saturated heterocycles. The molecule has 9 heteroatoms. The molecule has 0 bridgehead atoms. The highest BCUT2D eigenvalue weighted by atomic mass is 19.3. The molecule has 37 heavy (non-hydrogen) atoms. The minimum absolute atomic E-state index is 0.0173. The second-order valence-corrected chi connectivity index (χ2v) is 8.40. The number of rotatable bonds is 5. The van der Waals surface area contributed by atoms with Crippen molar-refractivity contribution in [1.82, 2.24) is 0 Å². The topological polar surface area (TPSA) is 87.2 Å². The highest BCUT2D eigenvalue weighted by molar-refractivity contribution is 6.09. The van der Waals surface area contributed by atoms with Gasteiger partial charge in [0, 0.05) is 48.4 Å². The molecule has 2 amide bonds. The predicted octanol–water partition coefficient (Wildman–Crippen LogP) is 5.53. The van der Waals surface area contributed by atoms with E-state index in [-0.39, 0.29) is 29.3 Å². The largest absolute Gasteiger partial charge is 0.495 e. The third kappa shape index (κ3) is 5.06. The van der Waals surface area contributed by atoms with E-state index in [4.69, 9.17) is 9.84 Å². The van der Waals surface area contributed by atoms with Crippen LogP contribution in [-0.4, -0.2) is 42.5 Å². The molecule has 3 aromatic rings. The number of ether oxygens (including phenoxy) is 1. The third-order valence-corrected chi connectivity index (χ3v) is 6.05. The number of carbonyl (C=O) groups excluding carboxylic acids is 2. The Labute approximate surface area is 212 Å². The number of fused-ring (bicyclic) bond motifs is 1. The van der Waals surface area contributed by atoms with Crippen LogP contribution in [0.3, 0.4) is 0 Å². The maximum Gasteiger partial charge on any atom is 0.328 e. The standard InChI is InChI=1S/C28H24F2N2O5/c1-18(33)32(24-9-5-6-10-25(24)37-2)20-13-11-19(12-14-20)27(36)31-16-15-28(29,30)22(17-26(34)35)21-7-3-4-8-23(21)31/h3-14,17H,15-16H2,1-2H3,(H,34,35). The number of carbonyl (C=O) groups is 3. The number of carboxylic acid groups (broad SMARTS) is 1. The van der Waals surface area contributed by atoms with Crippen LogP contribution in [0.5, 0.6) is 5.75 Å². The Morgan fingerprint density at radius 2 is 1.65 bits per heavy atom. The molecule has 1 aliphatic rings. The molecule has 1 N–H and O–H groups in total. The molecule has 0 saturated carbocycles. The van der Waals surface area contributed by atoms with Crippen LogP contribution in [0.4, 0.5) is 25.8 Å². The van der Waals surface area contributed by atoms with E-state index in [1.165, 1.54) is 54.2 Å². The number of para-hydroxylation sites is 3. The van der Waals surface area contributed by atoms with Crippen molar-refractivity contribution in [2.75, 3.05) is 23.5 Å². The Balaban J connectivity index is 1.71. The summed E-state index contributed by atoms with van der Waals surface area (Å²) >= 11 is 0. The van der Waals surface area contributed by atoms with E-state index in [9.17, 15) is 23.2 Å². The molecule has 0 radical (unpaired) electrons. The number of alkyl halides is 2. The van der Waals surface area contributed by atoms with Crippen LogP contribution < -0.4 is 14.5 Å². The molecule has 0 fully saturated rings. The first kappa shape index (κ1) is 25.6. The number of aliphatic carboxylic acids is 1. The Morgan fingerprint density at radius 3 is 2.30 bits per heavy atom. The Hall–Kier alpha value is -4.53. The fourth-order valence-corrected chi connectivity index (χ4v) is 4.37. The Kier molecular flexibility index (Phi) is 7.06. The summed E-state index contributed by atoms with van der Waals surface area (Å²) < 4.78 is 35.2. The van der Waals surface area contributed by atoms with Crippen molar-refractivity contribution in [2.45, 2.75) is 19.3 Å². The van der Waals surface area contributed by atoms with Gasteiger partial charge in [-0.05, 0) is 42.5 Å². The van der Waals surface area contributed by atoms with Crippen LogP contribution in [0.2, 0.25) is 0 Å². The Morgan fingerprint density at radius 1 is 1.00 bits per heavy atom. The molecule has 0 atom stereocenters. The third-order valence-electron chi connectivity index (χ3n) is 6.05. The average Bonchev–Trinajstić information content (AvgIpc) is 2.98. The number of nitrogens with zero attached hydrogens (tertiary/aromatic N) is 2. The van der Waals surface area contributed by atoms with E-state index in [2.05, 4.69) is 0 Å². The van der Waals surface area contributed by atoms with Crippen molar-refractivity contribution >= 4 is 40.4 Å². The van der Waals surface area contributed by atoms with E-state index in [1.54, 1.807) is 42.5 Å². The van der Waals surface area contributed by atoms with Crippen LogP contribution >= 0.6 is 0 Å². The quantitative estimate of drug-likeness (QED) is 0.460. The fourth-order valence-electron chi connectivity index (χ4n) is 4.37. The second kappa shape index (κ2) is 10.2. The first-order valence-corrected chi connectivity index (χ1v) is 11.4. The number of halogens is 2. The average molecular weight is 507 g/mol. The SMILES string of the molecule is COc1ccccc1N(C(C)=O)c1ccc(C(=O)N2CCC(F)(F)C(=CC(=O)O)c3ccccc32)cc1. The van der Waals surface area contributed by atoms with Crippen molar-refractivity contribution in [1.29, 1.82) is 0 Å². The number of amides is 2. The summed E-state index contributed by atoms with van der Waals surface area (Å²) in [4.78, 5) is 39.9. The molecule has 7 nitrogen and oxygen atoms in total. The van der Waals surface area contributed by atoms with Gasteiger partial charge in [-0.15, -0.1) is 0 Å². The maximum atomic E-state index is 14.9. The molecule has 190 valence electrons. The molecule has 1 heterocycles. The number of allylic oxidation sites excluding steroid dienone is 1. The molecule has 0 unspecified atom stereocenters. The van der Waals surface area contributed by atoms with Crippen LogP contribution in [0.1, 0.15) is 29.3 Å². The first-order chi connectivity index (χ1) is 17.6. The Bertz CT molecular complexity index is 1390. The fraction of sp³-hybridized carbons (Fsp3) is 0.179. The van der Waals surface area contributed by atoms with Gasteiger partial charge < -0.3 is 14.7 Å². The van der Waals surface area contributed by atoms with Crippen molar-refractivity contribution < 1.29 is 33.0 Å². The second-order valence-electron chi connectivity index (χ2n) is 8.40. The number of methoxy groups -OCH3 is 1. The van der Waals surface area contributed by atoms with Crippen LogP contribution in [0.25, 0.3) is 5.57 Å². The molecule has 4 rings (SSSR count). The summed E-state index contributed by atoms with van der Waals surface area (Å²) in [5, 5.41) is 9.17. The normalized spacial score (nSPS) is 15.5. The number of carboxylic acids is 1. The highest BCUT2D eigenvalue weighted by Crippen LogP contribution is 2.43. The van der Waals surface area contributed by atoms with Crippen molar-refractivity contribution in [3.8, 4) is 5.75 Å². The maximum absolute atomic E-state index is 14.9. The van der Waals surface area contributed by atoms with Gasteiger partial charge in [-0.3, -0.25) is 14.5 Å². The summed E-state index contributed by atoms with van der Waals surface area (Å²) in [5.74, 6) is -5.25. The van der Waals surface area contributed by atoms with Crippen LogP contribution in [0, 0.1) is 0 Å². The lowest BCUT2D eigenvalue weighted by atomic mass is 9.97. The lowest BCUT2D eigenvalue weighted by Gasteiger charge is -2.25. The van der Waals surface area contributed by atoms with Crippen molar-refractivity contribution in [3.63, 3.8) is 0 Å². The number of hydrogen-bond donors (Lipinski definition) is 1. The predicted molar refractivity (Wildman–Crippen MR) is 136 cm³/mol. The number of anilines is 3. The van der Waals surface area contributed by atoms with Gasteiger partial charge >= 0.3 is 5.97 Å². The minimum atomic E-state index is -3.44. The molecule has 0 aromatic heterocycles. The summed E-state index contributed by atoms with van der Waals surface area (Å²) in [6.07, 6.45) is -0.244. The van der Waals surface area contributed by atoms with Gasteiger partial charge in [0.2, 0.25) is 5.91 Å². The summed E-state index contributed by atoms with van der Waals surface area (Å²) in [7, 11) is 1.50. The van der Waals surface area contributed by atoms with E-state index >= 15 is 0 Å². The lowest BCUT2D eigenvalue weighted by molar-refractivity contribution is -0.131. The summed E-state index contributed by atoms with van der Waals surface area (Å²) in [5.41, 5.74) is 0.768. The lowest BCUT2D eigenvalue weighted by Crippen LogP contribution is -2.33. The van der Waals surface area contributed by atoms with Gasteiger partial charge in [-0.25, -0.2) is 13.6 Å². The van der Waals surface area contributed by atoms with Gasteiger partial charge in [0.15, 0.2) is 0 Å². The monoisotopic (exact) mass is 506 g/mol.